The average Bonchev–Trinajstić information content (AvgIpc) is 2.37. The molecule has 1 aliphatic rings. The van der Waals surface area contributed by atoms with Crippen LogP contribution in [0.15, 0.2) is 24.3 Å². The number of Topliss-reactive ketones (excluding diaryl/α,β-unsaturated/α-hetero) is 1. The summed E-state index contributed by atoms with van der Waals surface area (Å²) >= 11 is 0. The van der Waals surface area contributed by atoms with Gasteiger partial charge in [-0.05, 0) is 36.0 Å². The van der Waals surface area contributed by atoms with Crippen molar-refractivity contribution in [3.05, 3.63) is 41.0 Å². The van der Waals surface area contributed by atoms with Crippen LogP contribution in [0.3, 0.4) is 0 Å². The Morgan fingerprint density at radius 2 is 2.06 bits per heavy atom. The lowest BCUT2D eigenvalue weighted by molar-refractivity contribution is -0.125. The van der Waals surface area contributed by atoms with Gasteiger partial charge in [-0.25, -0.2) is 0 Å². The highest BCUT2D eigenvalue weighted by Gasteiger charge is 2.17. The van der Waals surface area contributed by atoms with Gasteiger partial charge in [0.25, 0.3) is 0 Å². The van der Waals surface area contributed by atoms with Crippen LogP contribution in [0.4, 0.5) is 0 Å². The summed E-state index contributed by atoms with van der Waals surface area (Å²) in [6.45, 7) is 6.00. The van der Waals surface area contributed by atoms with Crippen molar-refractivity contribution in [3.63, 3.8) is 0 Å². The lowest BCUT2D eigenvalue weighted by atomic mass is 9.88. The number of aryl methyl sites for hydroxylation is 1. The number of benzene rings is 1. The first-order valence-corrected chi connectivity index (χ1v) is 6.90. The van der Waals surface area contributed by atoms with E-state index in [9.17, 15) is 4.79 Å². The SMILES string of the molecule is CC(C)C(=O)[C@@H](C)Cc1ccc2c(c1)C=CCC2. The molecule has 0 saturated heterocycles. The molecule has 1 nitrogen and oxygen atoms in total. The minimum absolute atomic E-state index is 0.121. The number of hydrogen-bond acceptors (Lipinski definition) is 1. The van der Waals surface area contributed by atoms with E-state index < -0.39 is 0 Å². The molecule has 0 amide bonds. The Labute approximate surface area is 110 Å². The first kappa shape index (κ1) is 13.1. The maximum Gasteiger partial charge on any atom is 0.138 e. The topological polar surface area (TPSA) is 17.1 Å². The van der Waals surface area contributed by atoms with Crippen molar-refractivity contribution >= 4 is 11.9 Å². The standard InChI is InChI=1S/C17H22O/c1-12(2)17(18)13(3)10-14-8-9-15-6-4-5-7-16(15)11-14/h5,7-9,11-13H,4,6,10H2,1-3H3/t13-/m0/s1. The van der Waals surface area contributed by atoms with E-state index >= 15 is 0 Å². The summed E-state index contributed by atoms with van der Waals surface area (Å²) < 4.78 is 0. The lowest BCUT2D eigenvalue weighted by Crippen LogP contribution is -2.19. The Hall–Kier alpha value is -1.37. The van der Waals surface area contributed by atoms with Gasteiger partial charge in [-0.3, -0.25) is 4.79 Å². The molecule has 0 aromatic heterocycles. The minimum Gasteiger partial charge on any atom is -0.299 e. The summed E-state index contributed by atoms with van der Waals surface area (Å²) in [5.41, 5.74) is 4.05. The highest BCUT2D eigenvalue weighted by molar-refractivity contribution is 5.82. The molecule has 1 aromatic carbocycles. The number of carbonyl (C=O) groups is 1. The summed E-state index contributed by atoms with van der Waals surface area (Å²) in [4.78, 5) is 11.9. The zero-order valence-corrected chi connectivity index (χ0v) is 11.6. The minimum atomic E-state index is 0.121. The van der Waals surface area contributed by atoms with Crippen LogP contribution in [0.2, 0.25) is 0 Å². The third-order valence-electron chi connectivity index (χ3n) is 3.68. The highest BCUT2D eigenvalue weighted by Crippen LogP contribution is 2.22. The van der Waals surface area contributed by atoms with Gasteiger partial charge in [0.2, 0.25) is 0 Å². The van der Waals surface area contributed by atoms with Crippen molar-refractivity contribution in [2.75, 3.05) is 0 Å². The summed E-state index contributed by atoms with van der Waals surface area (Å²) in [5.74, 6) is 0.622. The van der Waals surface area contributed by atoms with Crippen molar-refractivity contribution in [2.45, 2.75) is 40.0 Å². The van der Waals surface area contributed by atoms with E-state index in [-0.39, 0.29) is 11.8 Å². The lowest BCUT2D eigenvalue weighted by Gasteiger charge is -2.15. The first-order chi connectivity index (χ1) is 8.58. The van der Waals surface area contributed by atoms with Gasteiger partial charge in [0, 0.05) is 11.8 Å². The Morgan fingerprint density at radius 1 is 1.28 bits per heavy atom. The van der Waals surface area contributed by atoms with E-state index in [4.69, 9.17) is 0 Å². The van der Waals surface area contributed by atoms with E-state index in [1.54, 1.807) is 0 Å². The normalized spacial score (nSPS) is 15.6. The fraction of sp³-hybridized carbons (Fsp3) is 0.471. The molecule has 0 spiro atoms. The summed E-state index contributed by atoms with van der Waals surface area (Å²) in [6, 6.07) is 6.65. The van der Waals surface area contributed by atoms with E-state index in [1.807, 2.05) is 20.8 Å². The molecule has 1 aliphatic carbocycles. The second kappa shape index (κ2) is 5.51. The third kappa shape index (κ3) is 2.90. The zero-order chi connectivity index (χ0) is 13.1. The number of fused-ring (bicyclic) bond motifs is 1. The monoisotopic (exact) mass is 242 g/mol. The van der Waals surface area contributed by atoms with Crippen molar-refractivity contribution in [1.82, 2.24) is 0 Å². The van der Waals surface area contributed by atoms with Crippen LogP contribution in [0.5, 0.6) is 0 Å². The van der Waals surface area contributed by atoms with Gasteiger partial charge < -0.3 is 0 Å². The average molecular weight is 242 g/mol. The maximum atomic E-state index is 11.9. The van der Waals surface area contributed by atoms with Crippen LogP contribution >= 0.6 is 0 Å². The van der Waals surface area contributed by atoms with Crippen LogP contribution < -0.4 is 0 Å². The van der Waals surface area contributed by atoms with Crippen LogP contribution in [0.1, 0.15) is 43.9 Å². The number of allylic oxidation sites excluding steroid dienone is 1. The summed E-state index contributed by atoms with van der Waals surface area (Å²) in [5, 5.41) is 0. The number of ketones is 1. The molecule has 1 heteroatoms. The van der Waals surface area contributed by atoms with Crippen LogP contribution in [-0.4, -0.2) is 5.78 Å². The number of rotatable bonds is 4. The molecule has 0 aliphatic heterocycles. The molecule has 1 atom stereocenters. The Balaban J connectivity index is 2.11. The van der Waals surface area contributed by atoms with Gasteiger partial charge in [-0.2, -0.15) is 0 Å². The molecule has 96 valence electrons. The molecule has 0 unspecified atom stereocenters. The Morgan fingerprint density at radius 3 is 2.78 bits per heavy atom. The number of carbonyl (C=O) groups excluding carboxylic acids is 1. The van der Waals surface area contributed by atoms with Crippen molar-refractivity contribution in [2.24, 2.45) is 11.8 Å². The molecule has 0 heterocycles. The van der Waals surface area contributed by atoms with Gasteiger partial charge in [-0.1, -0.05) is 51.1 Å². The largest absolute Gasteiger partial charge is 0.299 e. The molecular formula is C17H22O. The fourth-order valence-electron chi connectivity index (χ4n) is 2.63. The quantitative estimate of drug-likeness (QED) is 0.778. The summed E-state index contributed by atoms with van der Waals surface area (Å²) in [6.07, 6.45) is 7.59. The number of hydrogen-bond donors (Lipinski definition) is 0. The zero-order valence-electron chi connectivity index (χ0n) is 11.6. The molecule has 18 heavy (non-hydrogen) atoms. The van der Waals surface area contributed by atoms with Gasteiger partial charge in [0.1, 0.15) is 5.78 Å². The second-order valence-electron chi connectivity index (χ2n) is 5.64. The molecule has 0 radical (unpaired) electrons. The third-order valence-corrected chi connectivity index (χ3v) is 3.68. The van der Waals surface area contributed by atoms with Crippen LogP contribution in [0, 0.1) is 11.8 Å². The van der Waals surface area contributed by atoms with E-state index in [0.29, 0.717) is 5.78 Å². The molecule has 2 rings (SSSR count). The van der Waals surface area contributed by atoms with E-state index in [0.717, 1.165) is 19.3 Å². The summed E-state index contributed by atoms with van der Waals surface area (Å²) in [7, 11) is 0. The smallest absolute Gasteiger partial charge is 0.138 e. The van der Waals surface area contributed by atoms with Crippen LogP contribution in [0.25, 0.3) is 6.08 Å². The molecule has 0 N–H and O–H groups in total. The van der Waals surface area contributed by atoms with Crippen molar-refractivity contribution in [1.29, 1.82) is 0 Å². The van der Waals surface area contributed by atoms with Gasteiger partial charge >= 0.3 is 0 Å². The van der Waals surface area contributed by atoms with E-state index in [2.05, 4.69) is 30.4 Å². The predicted octanol–water partition coefficient (Wildman–Crippen LogP) is 4.05. The van der Waals surface area contributed by atoms with Crippen molar-refractivity contribution in [3.8, 4) is 0 Å². The first-order valence-electron chi connectivity index (χ1n) is 6.90. The predicted molar refractivity (Wildman–Crippen MR) is 76.5 cm³/mol. The molecule has 0 fully saturated rings. The Kier molecular flexibility index (Phi) is 4.00. The fourth-order valence-corrected chi connectivity index (χ4v) is 2.63. The molecule has 1 aromatic rings. The van der Waals surface area contributed by atoms with Gasteiger partial charge in [0.15, 0.2) is 0 Å². The van der Waals surface area contributed by atoms with Crippen molar-refractivity contribution < 1.29 is 4.79 Å². The van der Waals surface area contributed by atoms with Gasteiger partial charge in [-0.15, -0.1) is 0 Å². The van der Waals surface area contributed by atoms with Gasteiger partial charge in [0.05, 0.1) is 0 Å². The second-order valence-corrected chi connectivity index (χ2v) is 5.64. The Bertz CT molecular complexity index is 468. The molecule has 0 bridgehead atoms. The molecule has 0 saturated carbocycles. The van der Waals surface area contributed by atoms with E-state index in [1.165, 1.54) is 16.7 Å². The highest BCUT2D eigenvalue weighted by atomic mass is 16.1. The maximum absolute atomic E-state index is 11.9. The molecular weight excluding hydrogens is 220 g/mol. The van der Waals surface area contributed by atoms with Crippen LogP contribution in [-0.2, 0) is 17.6 Å².